The summed E-state index contributed by atoms with van der Waals surface area (Å²) in [6.07, 6.45) is 3.12. The Bertz CT molecular complexity index is 512. The van der Waals surface area contributed by atoms with Gasteiger partial charge in [0.15, 0.2) is 0 Å². The van der Waals surface area contributed by atoms with Gasteiger partial charge in [-0.05, 0) is 23.0 Å². The minimum atomic E-state index is -0.292. The molecule has 0 unspecified atom stereocenters. The quantitative estimate of drug-likeness (QED) is 0.754. The Hall–Kier alpha value is -1.38. The van der Waals surface area contributed by atoms with Gasteiger partial charge in [0.05, 0.1) is 6.20 Å². The van der Waals surface area contributed by atoms with Gasteiger partial charge in [0.2, 0.25) is 5.95 Å². The number of pyridine rings is 1. The predicted molar refractivity (Wildman–Crippen MR) is 63.3 cm³/mol. The average molecular weight is 220 g/mol. The molecular weight excluding hydrogens is 203 g/mol. The van der Waals surface area contributed by atoms with Gasteiger partial charge in [0, 0.05) is 6.20 Å². The first-order valence-electron chi connectivity index (χ1n) is 5.67. The van der Waals surface area contributed by atoms with Crippen molar-refractivity contribution in [1.82, 2.24) is 9.38 Å². The molecule has 2 rings (SSSR count). The molecule has 3 heteroatoms. The van der Waals surface area contributed by atoms with Crippen LogP contribution >= 0.6 is 0 Å². The maximum Gasteiger partial charge on any atom is 0.217 e. The molecule has 0 saturated carbocycles. The summed E-state index contributed by atoms with van der Waals surface area (Å²) in [4.78, 5) is 4.13. The smallest absolute Gasteiger partial charge is 0.217 e. The molecule has 0 aliphatic carbocycles. The fourth-order valence-electron chi connectivity index (χ4n) is 1.85. The molecule has 0 N–H and O–H groups in total. The van der Waals surface area contributed by atoms with Crippen molar-refractivity contribution >= 4 is 5.65 Å². The van der Waals surface area contributed by atoms with Gasteiger partial charge in [-0.25, -0.2) is 4.98 Å². The highest BCUT2D eigenvalue weighted by Crippen LogP contribution is 2.25. The van der Waals surface area contributed by atoms with Crippen LogP contribution in [-0.2, 0) is 0 Å². The number of hydrogen-bond acceptors (Lipinski definition) is 1. The second-order valence-electron chi connectivity index (χ2n) is 4.81. The van der Waals surface area contributed by atoms with Crippen LogP contribution in [0, 0.1) is 5.95 Å². The number of rotatable bonds is 2. The van der Waals surface area contributed by atoms with Crippen molar-refractivity contribution in [3.8, 4) is 0 Å². The van der Waals surface area contributed by atoms with Gasteiger partial charge in [-0.3, -0.25) is 4.40 Å². The number of hydrogen-bond donors (Lipinski definition) is 0. The first-order chi connectivity index (χ1) is 7.50. The lowest BCUT2D eigenvalue weighted by molar-refractivity contribution is 0.570. The third kappa shape index (κ3) is 1.70. The van der Waals surface area contributed by atoms with Gasteiger partial charge in [0.25, 0.3) is 0 Å². The highest BCUT2D eigenvalue weighted by molar-refractivity contribution is 5.51. The zero-order valence-electron chi connectivity index (χ0n) is 10.2. The molecule has 0 spiro atoms. The molecule has 0 fully saturated rings. The summed E-state index contributed by atoms with van der Waals surface area (Å²) in [5, 5.41) is 0. The number of aromatic nitrogens is 2. The topological polar surface area (TPSA) is 17.3 Å². The van der Waals surface area contributed by atoms with E-state index in [1.807, 2.05) is 6.20 Å². The van der Waals surface area contributed by atoms with Crippen LogP contribution < -0.4 is 0 Å². The summed E-state index contributed by atoms with van der Waals surface area (Å²) in [6, 6.07) is 2.14. The molecule has 0 atom stereocenters. The monoisotopic (exact) mass is 220 g/mol. The van der Waals surface area contributed by atoms with Crippen molar-refractivity contribution in [3.05, 3.63) is 35.5 Å². The molecule has 0 radical (unpaired) electrons. The standard InChI is InChI=1S/C13H17FN2/c1-8(2)10-5-11(9(3)4)13-15-6-12(14)16(13)7-10/h5-9H,1-4H3. The predicted octanol–water partition coefficient (Wildman–Crippen LogP) is 3.72. The lowest BCUT2D eigenvalue weighted by Crippen LogP contribution is -2.01. The van der Waals surface area contributed by atoms with E-state index in [9.17, 15) is 4.39 Å². The van der Waals surface area contributed by atoms with Crippen LogP contribution in [-0.4, -0.2) is 9.38 Å². The highest BCUT2D eigenvalue weighted by atomic mass is 19.1. The van der Waals surface area contributed by atoms with E-state index in [1.165, 1.54) is 6.20 Å². The van der Waals surface area contributed by atoms with Crippen LogP contribution in [0.3, 0.4) is 0 Å². The van der Waals surface area contributed by atoms with E-state index < -0.39 is 0 Å². The Morgan fingerprint density at radius 1 is 1.19 bits per heavy atom. The molecule has 0 aliphatic heterocycles. The van der Waals surface area contributed by atoms with E-state index in [-0.39, 0.29) is 5.95 Å². The van der Waals surface area contributed by atoms with Crippen LogP contribution in [0.25, 0.3) is 5.65 Å². The fourth-order valence-corrected chi connectivity index (χ4v) is 1.85. The molecule has 0 saturated heterocycles. The first-order valence-corrected chi connectivity index (χ1v) is 5.67. The molecular formula is C13H17FN2. The van der Waals surface area contributed by atoms with Gasteiger partial charge >= 0.3 is 0 Å². The van der Waals surface area contributed by atoms with Gasteiger partial charge in [-0.2, -0.15) is 4.39 Å². The maximum absolute atomic E-state index is 13.5. The van der Waals surface area contributed by atoms with Gasteiger partial charge in [0.1, 0.15) is 5.65 Å². The summed E-state index contributed by atoms with van der Waals surface area (Å²) in [5.41, 5.74) is 2.99. The van der Waals surface area contributed by atoms with Crippen molar-refractivity contribution < 1.29 is 4.39 Å². The minimum Gasteiger partial charge on any atom is -0.276 e. The maximum atomic E-state index is 13.5. The zero-order valence-corrected chi connectivity index (χ0v) is 10.2. The van der Waals surface area contributed by atoms with Crippen LogP contribution in [0.5, 0.6) is 0 Å². The average Bonchev–Trinajstić information content (AvgIpc) is 2.59. The number of nitrogens with zero attached hydrogens (tertiary/aromatic N) is 2. The normalized spacial score (nSPS) is 11.9. The van der Waals surface area contributed by atoms with E-state index in [0.717, 1.165) is 16.8 Å². The second kappa shape index (κ2) is 3.89. The Morgan fingerprint density at radius 2 is 1.88 bits per heavy atom. The van der Waals surface area contributed by atoms with Crippen LogP contribution in [0.1, 0.15) is 50.7 Å². The summed E-state index contributed by atoms with van der Waals surface area (Å²) in [7, 11) is 0. The van der Waals surface area contributed by atoms with Crippen LogP contribution in [0.4, 0.5) is 4.39 Å². The van der Waals surface area contributed by atoms with Gasteiger partial charge in [-0.1, -0.05) is 33.8 Å². The molecule has 2 nitrogen and oxygen atoms in total. The summed E-state index contributed by atoms with van der Waals surface area (Å²) < 4.78 is 15.1. The first kappa shape index (κ1) is 11.1. The molecule has 16 heavy (non-hydrogen) atoms. The molecule has 86 valence electrons. The van der Waals surface area contributed by atoms with E-state index in [1.54, 1.807) is 4.40 Å². The molecule has 2 aromatic heterocycles. The fraction of sp³-hybridized carbons (Fsp3) is 0.462. The van der Waals surface area contributed by atoms with Crippen molar-refractivity contribution in [2.75, 3.05) is 0 Å². The molecule has 2 heterocycles. The van der Waals surface area contributed by atoms with E-state index >= 15 is 0 Å². The summed E-state index contributed by atoms with van der Waals surface area (Å²) in [5.74, 6) is 0.450. The van der Waals surface area contributed by atoms with E-state index in [2.05, 4.69) is 38.7 Å². The second-order valence-corrected chi connectivity index (χ2v) is 4.81. The Labute approximate surface area is 95.1 Å². The highest BCUT2D eigenvalue weighted by Gasteiger charge is 2.13. The van der Waals surface area contributed by atoms with Crippen LogP contribution in [0.15, 0.2) is 18.5 Å². The van der Waals surface area contributed by atoms with Crippen molar-refractivity contribution in [1.29, 1.82) is 0 Å². The molecule has 2 aromatic rings. The van der Waals surface area contributed by atoms with Crippen molar-refractivity contribution in [2.24, 2.45) is 0 Å². The molecule has 0 amide bonds. The summed E-state index contributed by atoms with van der Waals surface area (Å²) >= 11 is 0. The lowest BCUT2D eigenvalue weighted by Gasteiger charge is -2.13. The Morgan fingerprint density at radius 3 is 2.44 bits per heavy atom. The van der Waals surface area contributed by atoms with Gasteiger partial charge < -0.3 is 0 Å². The van der Waals surface area contributed by atoms with Gasteiger partial charge in [-0.15, -0.1) is 0 Å². The molecule has 0 aromatic carbocycles. The number of halogens is 1. The zero-order chi connectivity index (χ0) is 11.9. The third-order valence-electron chi connectivity index (χ3n) is 2.90. The van der Waals surface area contributed by atoms with Crippen LogP contribution in [0.2, 0.25) is 0 Å². The SMILES string of the molecule is CC(C)c1cc(C(C)C)c2ncc(F)n2c1. The third-order valence-corrected chi connectivity index (χ3v) is 2.90. The minimum absolute atomic E-state index is 0.292. The lowest BCUT2D eigenvalue weighted by atomic mass is 9.98. The number of imidazole rings is 1. The van der Waals surface area contributed by atoms with E-state index in [4.69, 9.17) is 0 Å². The summed E-state index contributed by atoms with van der Waals surface area (Å²) in [6.45, 7) is 8.43. The van der Waals surface area contributed by atoms with Crippen molar-refractivity contribution in [3.63, 3.8) is 0 Å². The molecule has 0 aliphatic rings. The van der Waals surface area contributed by atoms with Crippen molar-refractivity contribution in [2.45, 2.75) is 39.5 Å². The number of fused-ring (bicyclic) bond motifs is 1. The Kier molecular flexibility index (Phi) is 2.70. The van der Waals surface area contributed by atoms with E-state index in [0.29, 0.717) is 11.8 Å². The molecule has 0 bridgehead atoms. The largest absolute Gasteiger partial charge is 0.276 e. The Balaban J connectivity index is 2.75.